The summed E-state index contributed by atoms with van der Waals surface area (Å²) >= 11 is 0. The van der Waals surface area contributed by atoms with Crippen molar-refractivity contribution in [2.75, 3.05) is 20.2 Å². The minimum atomic E-state index is 0. The second kappa shape index (κ2) is 11.3. The molecule has 2 rings (SSSR count). The molecule has 0 spiro atoms. The summed E-state index contributed by atoms with van der Waals surface area (Å²) in [6.07, 6.45) is 8.32. The molecule has 1 aliphatic rings. The molecular formula is C19H31ClN2O2. The zero-order valence-electron chi connectivity index (χ0n) is 14.7. The maximum Gasteiger partial charge on any atom is 0.222 e. The van der Waals surface area contributed by atoms with Crippen LogP contribution in [0.2, 0.25) is 0 Å². The number of halogens is 1. The summed E-state index contributed by atoms with van der Waals surface area (Å²) in [5.74, 6) is 1.19. The van der Waals surface area contributed by atoms with Crippen molar-refractivity contribution in [3.63, 3.8) is 0 Å². The van der Waals surface area contributed by atoms with E-state index in [0.29, 0.717) is 18.9 Å². The molecular weight excluding hydrogens is 324 g/mol. The summed E-state index contributed by atoms with van der Waals surface area (Å²) in [4.78, 5) is 14.3. The third-order valence-corrected chi connectivity index (χ3v) is 4.73. The van der Waals surface area contributed by atoms with Crippen LogP contribution in [0.1, 0.15) is 50.5 Å². The molecule has 1 fully saturated rings. The first-order valence-corrected chi connectivity index (χ1v) is 8.87. The van der Waals surface area contributed by atoms with Gasteiger partial charge in [-0.25, -0.2) is 0 Å². The molecule has 1 heterocycles. The molecule has 2 N–H and O–H groups in total. The zero-order chi connectivity index (χ0) is 16.5. The lowest BCUT2D eigenvalue weighted by Crippen LogP contribution is -2.47. The molecule has 1 atom stereocenters. The van der Waals surface area contributed by atoms with E-state index in [1.165, 1.54) is 12.0 Å². The van der Waals surface area contributed by atoms with Crippen molar-refractivity contribution in [3.05, 3.63) is 29.8 Å². The van der Waals surface area contributed by atoms with Crippen LogP contribution in [0.3, 0.4) is 0 Å². The normalized spacial score (nSPS) is 17.2. The lowest BCUT2D eigenvalue weighted by Gasteiger charge is -2.35. The Labute approximate surface area is 152 Å². The quantitative estimate of drug-likeness (QED) is 0.726. The highest BCUT2D eigenvalue weighted by Crippen LogP contribution is 2.18. The molecule has 0 bridgehead atoms. The predicted molar refractivity (Wildman–Crippen MR) is 101 cm³/mol. The first-order valence-electron chi connectivity index (χ1n) is 8.87. The van der Waals surface area contributed by atoms with E-state index in [0.717, 1.165) is 50.8 Å². The van der Waals surface area contributed by atoms with Crippen LogP contribution >= 0.6 is 12.4 Å². The van der Waals surface area contributed by atoms with Crippen LogP contribution in [-0.4, -0.2) is 37.0 Å². The molecule has 1 saturated heterocycles. The van der Waals surface area contributed by atoms with Crippen molar-refractivity contribution in [2.45, 2.75) is 57.4 Å². The van der Waals surface area contributed by atoms with Gasteiger partial charge in [-0.05, 0) is 56.2 Å². The molecule has 4 nitrogen and oxygen atoms in total. The lowest BCUT2D eigenvalue weighted by atomic mass is 10.0. The number of ether oxygens (including phenoxy) is 1. The average molecular weight is 355 g/mol. The van der Waals surface area contributed by atoms with Gasteiger partial charge in [-0.15, -0.1) is 12.4 Å². The summed E-state index contributed by atoms with van der Waals surface area (Å²) < 4.78 is 5.16. The highest BCUT2D eigenvalue weighted by Gasteiger charge is 2.24. The molecule has 1 amide bonds. The Morgan fingerprint density at radius 3 is 2.62 bits per heavy atom. The Bertz CT molecular complexity index is 479. The van der Waals surface area contributed by atoms with Crippen LogP contribution in [0.4, 0.5) is 0 Å². The van der Waals surface area contributed by atoms with Crippen LogP contribution in [0, 0.1) is 0 Å². The van der Waals surface area contributed by atoms with Crippen LogP contribution in [0.15, 0.2) is 24.3 Å². The number of methoxy groups -OCH3 is 1. The van der Waals surface area contributed by atoms with Crippen molar-refractivity contribution >= 4 is 18.3 Å². The average Bonchev–Trinajstić information content (AvgIpc) is 2.61. The van der Waals surface area contributed by atoms with Gasteiger partial charge in [0.2, 0.25) is 5.91 Å². The van der Waals surface area contributed by atoms with E-state index < -0.39 is 0 Å². The number of likely N-dealkylation sites (tertiary alicyclic amines) is 1. The lowest BCUT2D eigenvalue weighted by molar-refractivity contribution is -0.134. The molecule has 0 aliphatic carbocycles. The zero-order valence-corrected chi connectivity index (χ0v) is 15.5. The van der Waals surface area contributed by atoms with Gasteiger partial charge < -0.3 is 15.4 Å². The van der Waals surface area contributed by atoms with E-state index in [-0.39, 0.29) is 18.4 Å². The molecule has 1 aromatic rings. The molecule has 0 aromatic heterocycles. The first-order chi connectivity index (χ1) is 11.2. The molecule has 136 valence electrons. The largest absolute Gasteiger partial charge is 0.497 e. The number of carbonyl (C=O) groups excluding carboxylic acids is 1. The summed E-state index contributed by atoms with van der Waals surface area (Å²) in [6.45, 7) is 1.50. The Morgan fingerprint density at radius 1 is 1.21 bits per heavy atom. The fraction of sp³-hybridized carbons (Fsp3) is 0.632. The van der Waals surface area contributed by atoms with E-state index in [4.69, 9.17) is 10.5 Å². The smallest absolute Gasteiger partial charge is 0.222 e. The number of unbranched alkanes of at least 4 members (excludes halogenated alkanes) is 2. The monoisotopic (exact) mass is 354 g/mol. The Hall–Kier alpha value is -1.26. The number of nitrogens with two attached hydrogens (primary N) is 1. The third kappa shape index (κ3) is 6.33. The summed E-state index contributed by atoms with van der Waals surface area (Å²) in [5.41, 5.74) is 7.12. The number of nitrogens with zero attached hydrogens (tertiary/aromatic N) is 1. The van der Waals surface area contributed by atoms with Crippen LogP contribution in [0.25, 0.3) is 0 Å². The fourth-order valence-electron chi connectivity index (χ4n) is 3.29. The molecule has 1 aromatic carbocycles. The van der Waals surface area contributed by atoms with Gasteiger partial charge in [-0.2, -0.15) is 0 Å². The van der Waals surface area contributed by atoms with E-state index in [1.807, 2.05) is 17.0 Å². The van der Waals surface area contributed by atoms with E-state index in [9.17, 15) is 4.79 Å². The Kier molecular flexibility index (Phi) is 9.80. The number of piperidine rings is 1. The number of aryl methyl sites for hydroxylation is 1. The predicted octanol–water partition coefficient (Wildman–Crippen LogP) is 3.56. The van der Waals surface area contributed by atoms with Crippen molar-refractivity contribution < 1.29 is 9.53 Å². The Morgan fingerprint density at radius 2 is 1.96 bits per heavy atom. The standard InChI is InChI=1S/C19H30N2O2.ClH/c1-23-18-12-10-16(11-13-18)7-3-2-4-9-19(22)21-14-6-5-8-17(21)15-20;/h10-13,17H,2-9,14-15,20H2,1H3;1H. The molecule has 0 radical (unpaired) electrons. The third-order valence-electron chi connectivity index (χ3n) is 4.73. The number of carbonyl (C=O) groups is 1. The van der Waals surface area contributed by atoms with Gasteiger partial charge in [-0.3, -0.25) is 4.79 Å². The van der Waals surface area contributed by atoms with Gasteiger partial charge in [0.05, 0.1) is 7.11 Å². The maximum absolute atomic E-state index is 12.3. The van der Waals surface area contributed by atoms with Crippen LogP contribution < -0.4 is 10.5 Å². The summed E-state index contributed by atoms with van der Waals surface area (Å²) in [5, 5.41) is 0. The number of benzene rings is 1. The second-order valence-electron chi connectivity index (χ2n) is 6.38. The minimum absolute atomic E-state index is 0. The first kappa shape index (κ1) is 20.8. The Balaban J connectivity index is 0.00000288. The van der Waals surface area contributed by atoms with Crippen LogP contribution in [-0.2, 0) is 11.2 Å². The topological polar surface area (TPSA) is 55.6 Å². The highest BCUT2D eigenvalue weighted by molar-refractivity contribution is 5.85. The van der Waals surface area contributed by atoms with E-state index in [1.54, 1.807) is 7.11 Å². The maximum atomic E-state index is 12.3. The number of rotatable bonds is 8. The second-order valence-corrected chi connectivity index (χ2v) is 6.38. The number of hydrogen-bond acceptors (Lipinski definition) is 3. The van der Waals surface area contributed by atoms with Gasteiger partial charge in [-0.1, -0.05) is 18.6 Å². The van der Waals surface area contributed by atoms with Crippen molar-refractivity contribution in [1.82, 2.24) is 4.90 Å². The van der Waals surface area contributed by atoms with Gasteiger partial charge in [0.15, 0.2) is 0 Å². The number of hydrogen-bond donors (Lipinski definition) is 1. The molecule has 0 saturated carbocycles. The minimum Gasteiger partial charge on any atom is -0.497 e. The van der Waals surface area contributed by atoms with Crippen molar-refractivity contribution in [1.29, 1.82) is 0 Å². The molecule has 5 heteroatoms. The van der Waals surface area contributed by atoms with E-state index >= 15 is 0 Å². The van der Waals surface area contributed by atoms with Gasteiger partial charge >= 0.3 is 0 Å². The highest BCUT2D eigenvalue weighted by atomic mass is 35.5. The van der Waals surface area contributed by atoms with Gasteiger partial charge in [0, 0.05) is 25.6 Å². The van der Waals surface area contributed by atoms with Crippen LogP contribution in [0.5, 0.6) is 5.75 Å². The van der Waals surface area contributed by atoms with Gasteiger partial charge in [0.1, 0.15) is 5.75 Å². The molecule has 1 aliphatic heterocycles. The van der Waals surface area contributed by atoms with Gasteiger partial charge in [0.25, 0.3) is 0 Å². The number of amides is 1. The molecule has 24 heavy (non-hydrogen) atoms. The summed E-state index contributed by atoms with van der Waals surface area (Å²) in [7, 11) is 1.68. The van der Waals surface area contributed by atoms with E-state index in [2.05, 4.69) is 12.1 Å². The fourth-order valence-corrected chi connectivity index (χ4v) is 3.29. The summed E-state index contributed by atoms with van der Waals surface area (Å²) in [6, 6.07) is 8.51. The van der Waals surface area contributed by atoms with Crippen molar-refractivity contribution in [2.24, 2.45) is 5.73 Å². The molecule has 1 unspecified atom stereocenters. The van der Waals surface area contributed by atoms with Crippen molar-refractivity contribution in [3.8, 4) is 5.75 Å². The SMILES string of the molecule is COc1ccc(CCCCCC(=O)N2CCCCC2CN)cc1.Cl.